The van der Waals surface area contributed by atoms with Crippen molar-refractivity contribution >= 4 is 28.7 Å². The molecule has 0 radical (unpaired) electrons. The highest BCUT2D eigenvalue weighted by molar-refractivity contribution is 6.32. The molecular weight excluding hydrogens is 555 g/mol. The largest absolute Gasteiger partial charge is 0.493 e. The van der Waals surface area contributed by atoms with E-state index in [-0.39, 0.29) is 28.4 Å². The van der Waals surface area contributed by atoms with Gasteiger partial charge in [0.2, 0.25) is 0 Å². The summed E-state index contributed by atoms with van der Waals surface area (Å²) in [7, 11) is 1.47. The molecule has 5 aromatic rings. The summed E-state index contributed by atoms with van der Waals surface area (Å²) in [5, 5.41) is 4.83. The molecule has 0 aliphatic rings. The quantitative estimate of drug-likeness (QED) is 0.188. The van der Waals surface area contributed by atoms with Gasteiger partial charge >= 0.3 is 6.18 Å². The average molecular weight is 578 g/mol. The Hall–Kier alpha value is -4.63. The fourth-order valence-electron chi connectivity index (χ4n) is 4.17. The molecule has 41 heavy (non-hydrogen) atoms. The van der Waals surface area contributed by atoms with Crippen molar-refractivity contribution in [3.05, 3.63) is 123 Å². The van der Waals surface area contributed by atoms with Crippen molar-refractivity contribution in [3.8, 4) is 22.9 Å². The first-order chi connectivity index (χ1) is 19.6. The normalized spacial score (nSPS) is 11.8. The second kappa shape index (κ2) is 11.5. The van der Waals surface area contributed by atoms with E-state index in [1.807, 2.05) is 31.2 Å². The maximum Gasteiger partial charge on any atom is 0.416 e. The summed E-state index contributed by atoms with van der Waals surface area (Å²) in [6, 6.07) is 22.2. The van der Waals surface area contributed by atoms with Crippen LogP contribution in [0.2, 0.25) is 5.02 Å². The molecule has 5 rings (SSSR count). The molecule has 0 amide bonds. The maximum absolute atomic E-state index is 13.4. The number of aromatic nitrogens is 2. The van der Waals surface area contributed by atoms with Crippen LogP contribution in [0.15, 0.2) is 94.8 Å². The topological polar surface area (TPSA) is 65.7 Å². The molecule has 0 N–H and O–H groups in total. The number of alkyl halides is 3. The molecule has 1 aromatic heterocycles. The average Bonchev–Trinajstić information content (AvgIpc) is 2.96. The lowest BCUT2D eigenvalue weighted by Gasteiger charge is -2.14. The van der Waals surface area contributed by atoms with Gasteiger partial charge in [-0.2, -0.15) is 22.9 Å². The number of fused-ring (bicyclic) bond motifs is 1. The van der Waals surface area contributed by atoms with Crippen LogP contribution in [-0.4, -0.2) is 23.0 Å². The molecule has 1 heterocycles. The Morgan fingerprint density at radius 3 is 2.49 bits per heavy atom. The van der Waals surface area contributed by atoms with Crippen molar-refractivity contribution in [2.24, 2.45) is 5.10 Å². The van der Waals surface area contributed by atoms with Crippen LogP contribution < -0.4 is 15.0 Å². The smallest absolute Gasteiger partial charge is 0.416 e. The third kappa shape index (κ3) is 6.10. The molecular formula is C31H23ClF3N3O3. The lowest BCUT2D eigenvalue weighted by Crippen LogP contribution is -2.20. The lowest BCUT2D eigenvalue weighted by atomic mass is 10.1. The van der Waals surface area contributed by atoms with Gasteiger partial charge in [-0.1, -0.05) is 65.7 Å². The first-order valence-electron chi connectivity index (χ1n) is 12.4. The summed E-state index contributed by atoms with van der Waals surface area (Å²) in [4.78, 5) is 17.9. The highest BCUT2D eigenvalue weighted by Gasteiger charge is 2.31. The molecule has 0 saturated heterocycles. The number of benzene rings is 4. The molecule has 0 saturated carbocycles. The summed E-state index contributed by atoms with van der Waals surface area (Å²) >= 11 is 6.53. The minimum absolute atomic E-state index is 0.0489. The van der Waals surface area contributed by atoms with Crippen LogP contribution in [0.3, 0.4) is 0 Å². The van der Waals surface area contributed by atoms with E-state index in [1.54, 1.807) is 36.4 Å². The minimum Gasteiger partial charge on any atom is -0.493 e. The molecule has 0 aliphatic carbocycles. The van der Waals surface area contributed by atoms with Crippen molar-refractivity contribution in [1.29, 1.82) is 0 Å². The minimum atomic E-state index is -4.57. The summed E-state index contributed by atoms with van der Waals surface area (Å²) in [5.41, 5.74) is 1.53. The number of aryl methyl sites for hydroxylation is 1. The predicted octanol–water partition coefficient (Wildman–Crippen LogP) is 7.51. The third-order valence-corrected chi connectivity index (χ3v) is 6.56. The zero-order valence-electron chi connectivity index (χ0n) is 21.9. The molecule has 0 unspecified atom stereocenters. The molecule has 0 fully saturated rings. The second-order valence-electron chi connectivity index (χ2n) is 9.20. The van der Waals surface area contributed by atoms with Crippen LogP contribution >= 0.6 is 11.6 Å². The summed E-state index contributed by atoms with van der Waals surface area (Å²) in [5.74, 6) is 0.626. The molecule has 0 bridgehead atoms. The summed E-state index contributed by atoms with van der Waals surface area (Å²) in [6.45, 7) is 2.26. The highest BCUT2D eigenvalue weighted by atomic mass is 35.5. The van der Waals surface area contributed by atoms with E-state index in [9.17, 15) is 18.0 Å². The fourth-order valence-corrected chi connectivity index (χ4v) is 4.44. The number of para-hydroxylation sites is 1. The Bertz CT molecular complexity index is 1820. The third-order valence-electron chi connectivity index (χ3n) is 6.28. The number of methoxy groups -OCH3 is 1. The van der Waals surface area contributed by atoms with Crippen LogP contribution in [0.4, 0.5) is 13.2 Å². The maximum atomic E-state index is 13.4. The van der Waals surface area contributed by atoms with Gasteiger partial charge in [-0.15, -0.1) is 0 Å². The first-order valence-corrected chi connectivity index (χ1v) is 12.8. The van der Waals surface area contributed by atoms with E-state index < -0.39 is 17.3 Å². The zero-order valence-corrected chi connectivity index (χ0v) is 22.7. The molecule has 0 spiro atoms. The van der Waals surface area contributed by atoms with Crippen LogP contribution in [0.25, 0.3) is 22.3 Å². The molecule has 0 atom stereocenters. The Kier molecular flexibility index (Phi) is 7.81. The number of hydrogen-bond acceptors (Lipinski definition) is 5. The van der Waals surface area contributed by atoms with Crippen molar-refractivity contribution in [2.75, 3.05) is 7.11 Å². The van der Waals surface area contributed by atoms with E-state index in [1.165, 1.54) is 25.5 Å². The Balaban J connectivity index is 1.54. The Labute approximate surface area is 238 Å². The van der Waals surface area contributed by atoms with Gasteiger partial charge in [0.05, 0.1) is 34.8 Å². The second-order valence-corrected chi connectivity index (χ2v) is 9.61. The van der Waals surface area contributed by atoms with E-state index in [2.05, 4.69) is 10.1 Å². The van der Waals surface area contributed by atoms with E-state index in [0.717, 1.165) is 27.9 Å². The van der Waals surface area contributed by atoms with E-state index >= 15 is 0 Å². The van der Waals surface area contributed by atoms with Gasteiger partial charge in [0.15, 0.2) is 17.3 Å². The van der Waals surface area contributed by atoms with Gasteiger partial charge in [0.1, 0.15) is 6.61 Å². The van der Waals surface area contributed by atoms with Crippen molar-refractivity contribution in [3.63, 3.8) is 0 Å². The number of nitrogens with zero attached hydrogens (tertiary/aromatic N) is 3. The predicted molar refractivity (Wildman–Crippen MR) is 153 cm³/mol. The molecule has 208 valence electrons. The van der Waals surface area contributed by atoms with Crippen LogP contribution in [-0.2, 0) is 12.8 Å². The van der Waals surface area contributed by atoms with Crippen LogP contribution in [0.1, 0.15) is 22.3 Å². The molecule has 0 aliphatic heterocycles. The fraction of sp³-hybridized carbons (Fsp3) is 0.129. The van der Waals surface area contributed by atoms with Gasteiger partial charge in [0, 0.05) is 5.56 Å². The summed E-state index contributed by atoms with van der Waals surface area (Å²) < 4.78 is 52.7. The van der Waals surface area contributed by atoms with Gasteiger partial charge < -0.3 is 9.47 Å². The molecule has 6 nitrogen and oxygen atoms in total. The first kappa shape index (κ1) is 27.9. The van der Waals surface area contributed by atoms with E-state index in [0.29, 0.717) is 22.6 Å². The van der Waals surface area contributed by atoms with Crippen LogP contribution in [0, 0.1) is 6.92 Å². The van der Waals surface area contributed by atoms with Crippen LogP contribution in [0.5, 0.6) is 11.5 Å². The standard InChI is InChI=1S/C31H23ClF3N3O3/c1-19-10-12-20(13-11-19)18-41-28-25(32)14-21(15-27(28)40-2)17-36-38-29(22-6-5-7-23(16-22)31(33,34)35)37-26-9-4-3-8-24(26)30(38)39/h3-17H,18H2,1-2H3. The number of ether oxygens (including phenoxy) is 2. The number of rotatable bonds is 7. The summed E-state index contributed by atoms with van der Waals surface area (Å²) in [6.07, 6.45) is -3.22. The highest BCUT2D eigenvalue weighted by Crippen LogP contribution is 2.37. The van der Waals surface area contributed by atoms with Gasteiger partial charge in [-0.25, -0.2) is 4.98 Å². The van der Waals surface area contributed by atoms with E-state index in [4.69, 9.17) is 21.1 Å². The van der Waals surface area contributed by atoms with Crippen molar-refractivity contribution in [1.82, 2.24) is 9.66 Å². The zero-order chi connectivity index (χ0) is 29.1. The molecule has 4 aromatic carbocycles. The lowest BCUT2D eigenvalue weighted by molar-refractivity contribution is -0.137. The van der Waals surface area contributed by atoms with Gasteiger partial charge in [-0.3, -0.25) is 4.79 Å². The number of halogens is 4. The Morgan fingerprint density at radius 1 is 1.00 bits per heavy atom. The van der Waals surface area contributed by atoms with Crippen molar-refractivity contribution < 1.29 is 22.6 Å². The monoisotopic (exact) mass is 577 g/mol. The van der Waals surface area contributed by atoms with Gasteiger partial charge in [0.25, 0.3) is 5.56 Å². The van der Waals surface area contributed by atoms with Gasteiger partial charge in [-0.05, 0) is 54.4 Å². The number of hydrogen-bond donors (Lipinski definition) is 0. The SMILES string of the molecule is COc1cc(C=Nn2c(-c3cccc(C(F)(F)F)c3)nc3ccccc3c2=O)cc(Cl)c1OCc1ccc(C)cc1. The Morgan fingerprint density at radius 2 is 1.76 bits per heavy atom. The molecule has 10 heteroatoms. The van der Waals surface area contributed by atoms with Crippen molar-refractivity contribution in [2.45, 2.75) is 19.7 Å².